The molecular formula is C29H22ClN3O4S. The first-order valence-corrected chi connectivity index (χ1v) is 13.0. The van der Waals surface area contributed by atoms with Gasteiger partial charge in [0.25, 0.3) is 17.0 Å². The van der Waals surface area contributed by atoms with Gasteiger partial charge in [0.2, 0.25) is 0 Å². The van der Waals surface area contributed by atoms with Crippen molar-refractivity contribution in [3.05, 3.63) is 119 Å². The number of halogens is 1. The molecule has 0 spiro atoms. The van der Waals surface area contributed by atoms with E-state index in [4.69, 9.17) is 20.4 Å². The van der Waals surface area contributed by atoms with E-state index in [0.29, 0.717) is 45.2 Å². The lowest BCUT2D eigenvalue weighted by Crippen LogP contribution is -2.35. The molecule has 9 heteroatoms. The van der Waals surface area contributed by atoms with Crippen LogP contribution in [-0.2, 0) is 11.2 Å². The van der Waals surface area contributed by atoms with E-state index in [9.17, 15) is 9.59 Å². The fourth-order valence-corrected chi connectivity index (χ4v) is 4.59. The number of benzene rings is 3. The van der Waals surface area contributed by atoms with Crippen LogP contribution in [0.5, 0.6) is 0 Å². The highest BCUT2D eigenvalue weighted by molar-refractivity contribution is 7.99. The molecule has 0 bridgehead atoms. The van der Waals surface area contributed by atoms with Gasteiger partial charge >= 0.3 is 0 Å². The van der Waals surface area contributed by atoms with Crippen molar-refractivity contribution >= 4 is 52.4 Å². The summed E-state index contributed by atoms with van der Waals surface area (Å²) >= 11 is 7.44. The van der Waals surface area contributed by atoms with E-state index in [1.165, 1.54) is 17.8 Å². The van der Waals surface area contributed by atoms with Gasteiger partial charge in [-0.3, -0.25) is 9.59 Å². The number of hydrogen-bond donors (Lipinski definition) is 2. The highest BCUT2D eigenvalue weighted by Crippen LogP contribution is 2.31. The monoisotopic (exact) mass is 543 g/mol. The molecule has 5 rings (SSSR count). The van der Waals surface area contributed by atoms with Gasteiger partial charge in [-0.2, -0.15) is 0 Å². The lowest BCUT2D eigenvalue weighted by atomic mass is 10.1. The lowest BCUT2D eigenvalue weighted by molar-refractivity contribution is -0.117. The molecule has 0 saturated carbocycles. The third-order valence-electron chi connectivity index (χ3n) is 5.52. The topological polar surface area (TPSA) is 97.4 Å². The number of fused-ring (bicyclic) bond motifs is 1. The Kier molecular flexibility index (Phi) is 7.92. The molecule has 3 aromatic carbocycles. The number of rotatable bonds is 9. The Morgan fingerprint density at radius 3 is 2.47 bits per heavy atom. The maximum absolute atomic E-state index is 13.1. The highest BCUT2D eigenvalue weighted by Gasteiger charge is 2.16. The number of hydrogen-bond acceptors (Lipinski definition) is 6. The number of para-hydroxylation sites is 2. The van der Waals surface area contributed by atoms with Crippen LogP contribution in [0.25, 0.3) is 17.2 Å². The van der Waals surface area contributed by atoms with E-state index in [1.807, 2.05) is 48.5 Å². The number of carbonyl (C=O) groups is 2. The average Bonchev–Trinajstić information content (AvgIpc) is 3.55. The number of carbonyl (C=O) groups excluding carboxylic acids is 2. The molecule has 0 aliphatic carbocycles. The molecule has 0 radical (unpaired) electrons. The second-order valence-corrected chi connectivity index (χ2v) is 9.54. The predicted octanol–water partition coefficient (Wildman–Crippen LogP) is 6.36. The summed E-state index contributed by atoms with van der Waals surface area (Å²) in [5.74, 6) is -0.482. The minimum absolute atomic E-state index is 0.0470. The van der Waals surface area contributed by atoms with Gasteiger partial charge < -0.3 is 19.5 Å². The predicted molar refractivity (Wildman–Crippen MR) is 147 cm³/mol. The Bertz CT molecular complexity index is 1580. The quantitative estimate of drug-likeness (QED) is 0.210. The molecule has 0 fully saturated rings. The van der Waals surface area contributed by atoms with E-state index in [2.05, 4.69) is 15.6 Å². The van der Waals surface area contributed by atoms with Crippen molar-refractivity contribution in [2.75, 3.05) is 6.54 Å². The minimum atomic E-state index is -0.453. The Hall–Kier alpha value is -4.27. The lowest BCUT2D eigenvalue weighted by Gasteiger charge is -2.11. The Morgan fingerprint density at radius 1 is 0.895 bits per heavy atom. The van der Waals surface area contributed by atoms with E-state index in [0.717, 1.165) is 11.1 Å². The van der Waals surface area contributed by atoms with Gasteiger partial charge in [0, 0.05) is 35.0 Å². The van der Waals surface area contributed by atoms with Gasteiger partial charge in [0.15, 0.2) is 10.7 Å². The van der Waals surface area contributed by atoms with Crippen LogP contribution in [0.2, 0.25) is 5.02 Å². The van der Waals surface area contributed by atoms with Crippen LogP contribution in [0.15, 0.2) is 116 Å². The first-order chi connectivity index (χ1) is 18.5. The second kappa shape index (κ2) is 11.9. The average molecular weight is 544 g/mol. The summed E-state index contributed by atoms with van der Waals surface area (Å²) in [5, 5.41) is 7.14. The van der Waals surface area contributed by atoms with E-state index in [1.54, 1.807) is 42.5 Å². The standard InChI is InChI=1S/C29H22ClN3O4S/c30-22-11-5-4-8-19(22)16-17-31-28(35)24(32-27(34)20-9-2-1-3-10-20)18-21-14-15-26(36-21)38-29-33-23-12-6-7-13-25(23)37-29/h1-15,18H,16-17H2,(H,31,35)(H,32,34)/b24-18-. The van der Waals surface area contributed by atoms with E-state index < -0.39 is 11.8 Å². The zero-order valence-electron chi connectivity index (χ0n) is 20.0. The van der Waals surface area contributed by atoms with Crippen LogP contribution in [0.4, 0.5) is 0 Å². The van der Waals surface area contributed by atoms with Crippen LogP contribution >= 0.6 is 23.4 Å². The van der Waals surface area contributed by atoms with Gasteiger partial charge in [-0.1, -0.05) is 60.1 Å². The maximum atomic E-state index is 13.1. The van der Waals surface area contributed by atoms with Crippen molar-refractivity contribution in [3.63, 3.8) is 0 Å². The van der Waals surface area contributed by atoms with E-state index in [-0.39, 0.29) is 5.70 Å². The fraction of sp³-hybridized carbons (Fsp3) is 0.0690. The van der Waals surface area contributed by atoms with Crippen molar-refractivity contribution < 1.29 is 18.4 Å². The van der Waals surface area contributed by atoms with Crippen LogP contribution in [0.3, 0.4) is 0 Å². The number of nitrogens with zero attached hydrogens (tertiary/aromatic N) is 1. The van der Waals surface area contributed by atoms with E-state index >= 15 is 0 Å². The molecule has 0 aliphatic rings. The van der Waals surface area contributed by atoms with Gasteiger partial charge in [-0.25, -0.2) is 4.98 Å². The molecule has 2 amide bonds. The molecule has 0 unspecified atom stereocenters. The molecule has 38 heavy (non-hydrogen) atoms. The normalized spacial score (nSPS) is 11.4. The third kappa shape index (κ3) is 6.34. The van der Waals surface area contributed by atoms with Gasteiger partial charge in [-0.05, 0) is 54.4 Å². The summed E-state index contributed by atoms with van der Waals surface area (Å²) in [6, 6.07) is 27.0. The molecule has 0 saturated heterocycles. The van der Waals surface area contributed by atoms with Crippen LogP contribution < -0.4 is 10.6 Å². The molecule has 2 heterocycles. The Labute approximate surface area is 227 Å². The molecule has 2 aromatic heterocycles. The van der Waals surface area contributed by atoms with Crippen LogP contribution in [-0.4, -0.2) is 23.3 Å². The number of nitrogens with one attached hydrogen (secondary N) is 2. The zero-order valence-corrected chi connectivity index (χ0v) is 21.6. The molecule has 0 atom stereocenters. The molecule has 0 aliphatic heterocycles. The van der Waals surface area contributed by atoms with Crippen LogP contribution in [0, 0.1) is 0 Å². The summed E-state index contributed by atoms with van der Waals surface area (Å²) in [6.07, 6.45) is 2.03. The van der Waals surface area contributed by atoms with Crippen LogP contribution in [0.1, 0.15) is 21.7 Å². The Balaban J connectivity index is 1.32. The summed E-state index contributed by atoms with van der Waals surface area (Å²) in [6.45, 7) is 0.331. The number of amides is 2. The summed E-state index contributed by atoms with van der Waals surface area (Å²) < 4.78 is 11.6. The summed E-state index contributed by atoms with van der Waals surface area (Å²) in [4.78, 5) is 30.3. The smallest absolute Gasteiger partial charge is 0.267 e. The van der Waals surface area contributed by atoms with Crippen molar-refractivity contribution in [2.24, 2.45) is 0 Å². The zero-order chi connectivity index (χ0) is 26.3. The first-order valence-electron chi connectivity index (χ1n) is 11.8. The summed E-state index contributed by atoms with van der Waals surface area (Å²) in [5.41, 5.74) is 2.82. The largest absolute Gasteiger partial charge is 0.450 e. The molecule has 7 nitrogen and oxygen atoms in total. The number of furan rings is 1. The molecule has 5 aromatic rings. The molecule has 2 N–H and O–H groups in total. The summed E-state index contributed by atoms with van der Waals surface area (Å²) in [7, 11) is 0. The maximum Gasteiger partial charge on any atom is 0.267 e. The van der Waals surface area contributed by atoms with Gasteiger partial charge in [0.1, 0.15) is 17.0 Å². The highest BCUT2D eigenvalue weighted by atomic mass is 35.5. The third-order valence-corrected chi connectivity index (χ3v) is 6.66. The Morgan fingerprint density at radius 2 is 1.66 bits per heavy atom. The molecular weight excluding hydrogens is 522 g/mol. The number of aromatic nitrogens is 1. The minimum Gasteiger partial charge on any atom is -0.450 e. The first kappa shape index (κ1) is 25.4. The van der Waals surface area contributed by atoms with Crippen molar-refractivity contribution in [3.8, 4) is 0 Å². The van der Waals surface area contributed by atoms with Crippen molar-refractivity contribution in [1.82, 2.24) is 15.6 Å². The van der Waals surface area contributed by atoms with Crippen molar-refractivity contribution in [1.29, 1.82) is 0 Å². The number of oxazole rings is 1. The SMILES string of the molecule is O=C(NCCc1ccccc1Cl)/C(=C/c1ccc(Sc2nc3ccccc3o2)o1)NC(=O)c1ccccc1. The van der Waals surface area contributed by atoms with Crippen molar-refractivity contribution in [2.45, 2.75) is 16.7 Å². The second-order valence-electron chi connectivity index (χ2n) is 8.18. The van der Waals surface area contributed by atoms with Gasteiger partial charge in [-0.15, -0.1) is 0 Å². The fourth-order valence-electron chi connectivity index (χ4n) is 3.64. The van der Waals surface area contributed by atoms with Gasteiger partial charge in [0.05, 0.1) is 0 Å². The molecule has 190 valence electrons.